The molecule has 2 aromatic carbocycles. The summed E-state index contributed by atoms with van der Waals surface area (Å²) in [4.78, 5) is 29.5. The number of nitrogens with zero attached hydrogens (tertiary/aromatic N) is 2. The number of amides is 2. The van der Waals surface area contributed by atoms with E-state index in [-0.39, 0.29) is 17.7 Å². The van der Waals surface area contributed by atoms with Crippen LogP contribution in [0.25, 0.3) is 0 Å². The predicted octanol–water partition coefficient (Wildman–Crippen LogP) is 3.31. The van der Waals surface area contributed by atoms with Gasteiger partial charge in [-0.05, 0) is 49.9 Å². The SMILES string of the molecule is C[C@@H]1Cc2ccccc2N1CC(=O)N1CCC(C(=O)Nc2ccccc2)CC1. The maximum Gasteiger partial charge on any atom is 0.242 e. The molecule has 0 saturated carbocycles. The van der Waals surface area contributed by atoms with Gasteiger partial charge in [-0.25, -0.2) is 0 Å². The van der Waals surface area contributed by atoms with Crippen LogP contribution in [0.4, 0.5) is 11.4 Å². The Morgan fingerprint density at radius 1 is 1.00 bits per heavy atom. The summed E-state index contributed by atoms with van der Waals surface area (Å²) < 4.78 is 0. The fourth-order valence-corrected chi connectivity index (χ4v) is 4.27. The predicted molar refractivity (Wildman–Crippen MR) is 111 cm³/mol. The second-order valence-electron chi connectivity index (χ2n) is 7.82. The molecule has 2 aromatic rings. The van der Waals surface area contributed by atoms with E-state index in [1.165, 1.54) is 11.3 Å². The molecule has 0 bridgehead atoms. The highest BCUT2D eigenvalue weighted by Crippen LogP contribution is 2.31. The van der Waals surface area contributed by atoms with E-state index in [2.05, 4.69) is 35.3 Å². The molecule has 2 aliphatic rings. The van der Waals surface area contributed by atoms with Gasteiger partial charge in [0.05, 0.1) is 6.54 Å². The van der Waals surface area contributed by atoms with E-state index in [4.69, 9.17) is 0 Å². The molecule has 0 spiro atoms. The number of likely N-dealkylation sites (tertiary alicyclic amines) is 1. The van der Waals surface area contributed by atoms with Crippen molar-refractivity contribution < 1.29 is 9.59 Å². The maximum absolute atomic E-state index is 12.9. The van der Waals surface area contributed by atoms with Crippen LogP contribution in [0.1, 0.15) is 25.3 Å². The monoisotopic (exact) mass is 377 g/mol. The van der Waals surface area contributed by atoms with Crippen LogP contribution < -0.4 is 10.2 Å². The van der Waals surface area contributed by atoms with E-state index in [0.717, 1.165) is 24.9 Å². The molecule has 0 aromatic heterocycles. The van der Waals surface area contributed by atoms with Crippen LogP contribution in [0.5, 0.6) is 0 Å². The fourth-order valence-electron chi connectivity index (χ4n) is 4.27. The van der Waals surface area contributed by atoms with Gasteiger partial charge in [-0.1, -0.05) is 36.4 Å². The Balaban J connectivity index is 1.30. The molecule has 146 valence electrons. The molecule has 2 amide bonds. The first kappa shape index (κ1) is 18.5. The van der Waals surface area contributed by atoms with Gasteiger partial charge in [0.15, 0.2) is 0 Å². The number of anilines is 2. The molecule has 5 nitrogen and oxygen atoms in total. The Labute approximate surface area is 166 Å². The first-order valence-electron chi connectivity index (χ1n) is 10.1. The summed E-state index contributed by atoms with van der Waals surface area (Å²) >= 11 is 0. The molecule has 28 heavy (non-hydrogen) atoms. The van der Waals surface area contributed by atoms with Gasteiger partial charge in [0.1, 0.15) is 0 Å². The Kier molecular flexibility index (Phi) is 5.33. The van der Waals surface area contributed by atoms with Crippen LogP contribution in [0.3, 0.4) is 0 Å². The molecule has 1 saturated heterocycles. The average molecular weight is 377 g/mol. The number of hydrogen-bond acceptors (Lipinski definition) is 3. The van der Waals surface area contributed by atoms with Crippen LogP contribution in [-0.4, -0.2) is 42.4 Å². The summed E-state index contributed by atoms with van der Waals surface area (Å²) in [6.45, 7) is 3.89. The number of nitrogens with one attached hydrogen (secondary N) is 1. The lowest BCUT2D eigenvalue weighted by Crippen LogP contribution is -2.46. The number of carbonyl (C=O) groups is 2. The zero-order chi connectivity index (χ0) is 19.5. The summed E-state index contributed by atoms with van der Waals surface area (Å²) in [6, 6.07) is 18.2. The molecule has 2 aliphatic heterocycles. The zero-order valence-electron chi connectivity index (χ0n) is 16.3. The number of para-hydroxylation sites is 2. The third kappa shape index (κ3) is 3.88. The van der Waals surface area contributed by atoms with Crippen LogP contribution in [0.15, 0.2) is 54.6 Å². The van der Waals surface area contributed by atoms with Crippen LogP contribution in [0, 0.1) is 5.92 Å². The molecule has 5 heteroatoms. The van der Waals surface area contributed by atoms with Crippen LogP contribution >= 0.6 is 0 Å². The van der Waals surface area contributed by atoms with E-state index in [0.29, 0.717) is 25.7 Å². The number of rotatable bonds is 4. The van der Waals surface area contributed by atoms with Gasteiger partial charge in [0.2, 0.25) is 11.8 Å². The van der Waals surface area contributed by atoms with E-state index in [1.807, 2.05) is 41.3 Å². The number of piperidine rings is 1. The second kappa shape index (κ2) is 8.05. The highest BCUT2D eigenvalue weighted by atomic mass is 16.2. The standard InChI is InChI=1S/C23H27N3O2/c1-17-15-19-7-5-6-10-21(19)26(17)16-22(27)25-13-11-18(12-14-25)23(28)24-20-8-3-2-4-9-20/h2-10,17-18H,11-16H2,1H3,(H,24,28)/t17-/m1/s1. The normalized spacial score (nSPS) is 19.4. The second-order valence-corrected chi connectivity index (χ2v) is 7.82. The molecule has 0 aliphatic carbocycles. The summed E-state index contributed by atoms with van der Waals surface area (Å²) in [7, 11) is 0. The Morgan fingerprint density at radius 2 is 1.68 bits per heavy atom. The van der Waals surface area contributed by atoms with Crippen molar-refractivity contribution >= 4 is 23.2 Å². The third-order valence-electron chi connectivity index (χ3n) is 5.91. The maximum atomic E-state index is 12.9. The number of benzene rings is 2. The molecule has 1 fully saturated rings. The van der Waals surface area contributed by atoms with Gasteiger partial charge in [0.25, 0.3) is 0 Å². The average Bonchev–Trinajstić information content (AvgIpc) is 3.04. The lowest BCUT2D eigenvalue weighted by molar-refractivity contribution is -0.133. The van der Waals surface area contributed by atoms with E-state index >= 15 is 0 Å². The topological polar surface area (TPSA) is 52.7 Å². The molecule has 4 rings (SSSR count). The largest absolute Gasteiger partial charge is 0.359 e. The zero-order valence-corrected chi connectivity index (χ0v) is 16.3. The van der Waals surface area contributed by atoms with Crippen molar-refractivity contribution in [1.29, 1.82) is 0 Å². The Morgan fingerprint density at radius 3 is 2.43 bits per heavy atom. The summed E-state index contributed by atoms with van der Waals surface area (Å²) in [5, 5.41) is 2.98. The molecular formula is C23H27N3O2. The Hall–Kier alpha value is -2.82. The number of carbonyl (C=O) groups excluding carboxylic acids is 2. The van der Waals surface area contributed by atoms with Gasteiger partial charge < -0.3 is 15.1 Å². The quantitative estimate of drug-likeness (QED) is 0.889. The highest BCUT2D eigenvalue weighted by Gasteiger charge is 2.31. The van der Waals surface area contributed by atoms with Crippen LogP contribution in [-0.2, 0) is 16.0 Å². The minimum atomic E-state index is -0.0318. The lowest BCUT2D eigenvalue weighted by Gasteiger charge is -2.34. The van der Waals surface area contributed by atoms with Crippen molar-refractivity contribution in [1.82, 2.24) is 4.90 Å². The Bertz CT molecular complexity index is 844. The molecule has 0 unspecified atom stereocenters. The first-order valence-corrected chi connectivity index (χ1v) is 10.1. The van der Waals surface area contributed by atoms with Gasteiger partial charge in [-0.2, -0.15) is 0 Å². The smallest absolute Gasteiger partial charge is 0.242 e. The number of fused-ring (bicyclic) bond motifs is 1. The molecular weight excluding hydrogens is 350 g/mol. The minimum Gasteiger partial charge on any atom is -0.359 e. The summed E-state index contributed by atoms with van der Waals surface area (Å²) in [5.41, 5.74) is 3.33. The molecule has 1 atom stereocenters. The third-order valence-corrected chi connectivity index (χ3v) is 5.91. The molecule has 2 heterocycles. The van der Waals surface area contributed by atoms with E-state index in [1.54, 1.807) is 0 Å². The van der Waals surface area contributed by atoms with Gasteiger partial charge in [-0.3, -0.25) is 9.59 Å². The first-order chi connectivity index (χ1) is 13.6. The van der Waals surface area contributed by atoms with Crippen molar-refractivity contribution in [3.63, 3.8) is 0 Å². The fraction of sp³-hybridized carbons (Fsp3) is 0.391. The summed E-state index contributed by atoms with van der Waals surface area (Å²) in [5.74, 6) is 0.182. The van der Waals surface area contributed by atoms with Crippen molar-refractivity contribution in [2.24, 2.45) is 5.92 Å². The minimum absolute atomic E-state index is 0.0318. The van der Waals surface area contributed by atoms with Crippen molar-refractivity contribution in [3.05, 3.63) is 60.2 Å². The van der Waals surface area contributed by atoms with Gasteiger partial charge >= 0.3 is 0 Å². The van der Waals surface area contributed by atoms with Crippen LogP contribution in [0.2, 0.25) is 0 Å². The number of hydrogen-bond donors (Lipinski definition) is 1. The highest BCUT2D eigenvalue weighted by molar-refractivity contribution is 5.92. The molecule has 0 radical (unpaired) electrons. The van der Waals surface area contributed by atoms with Gasteiger partial charge in [0, 0.05) is 36.4 Å². The van der Waals surface area contributed by atoms with Crippen molar-refractivity contribution in [2.45, 2.75) is 32.2 Å². The van der Waals surface area contributed by atoms with Crippen molar-refractivity contribution in [2.75, 3.05) is 29.9 Å². The van der Waals surface area contributed by atoms with Gasteiger partial charge in [-0.15, -0.1) is 0 Å². The molecule has 1 N–H and O–H groups in total. The lowest BCUT2D eigenvalue weighted by atomic mass is 9.95. The summed E-state index contributed by atoms with van der Waals surface area (Å²) in [6.07, 6.45) is 2.43. The van der Waals surface area contributed by atoms with E-state index < -0.39 is 0 Å². The van der Waals surface area contributed by atoms with Crippen molar-refractivity contribution in [3.8, 4) is 0 Å². The van der Waals surface area contributed by atoms with E-state index in [9.17, 15) is 9.59 Å².